The van der Waals surface area contributed by atoms with Gasteiger partial charge in [0, 0.05) is 26.2 Å². The van der Waals surface area contributed by atoms with Crippen molar-refractivity contribution in [3.05, 3.63) is 35.9 Å². The Morgan fingerprint density at radius 3 is 2.61 bits per heavy atom. The van der Waals surface area contributed by atoms with Crippen LogP contribution in [0, 0.1) is 0 Å². The van der Waals surface area contributed by atoms with Gasteiger partial charge in [0.25, 0.3) is 0 Å². The Bertz CT molecular complexity index is 418. The van der Waals surface area contributed by atoms with Gasteiger partial charge in [-0.05, 0) is 5.56 Å². The molecule has 0 bridgehead atoms. The van der Waals surface area contributed by atoms with Crippen molar-refractivity contribution in [3.63, 3.8) is 0 Å². The standard InChI is InChI=1S/C13H17N3O2/c17-13-16(15-8-6-14-7-9-15)12(10-18-13)11-4-2-1-3-5-11/h1-5,12,14H,6-10H2. The predicted octanol–water partition coefficient (Wildman–Crippen LogP) is 1.00. The van der Waals surface area contributed by atoms with Crippen molar-refractivity contribution in [3.8, 4) is 0 Å². The number of benzene rings is 1. The van der Waals surface area contributed by atoms with E-state index in [1.165, 1.54) is 0 Å². The van der Waals surface area contributed by atoms with Gasteiger partial charge in [-0.3, -0.25) is 0 Å². The van der Waals surface area contributed by atoms with Crippen molar-refractivity contribution in [1.82, 2.24) is 15.3 Å². The second-order valence-corrected chi connectivity index (χ2v) is 4.55. The number of carbonyl (C=O) groups is 1. The summed E-state index contributed by atoms with van der Waals surface area (Å²) in [5.41, 5.74) is 1.13. The van der Waals surface area contributed by atoms with E-state index in [9.17, 15) is 4.79 Å². The molecule has 3 rings (SSSR count). The molecule has 0 aromatic heterocycles. The zero-order valence-corrected chi connectivity index (χ0v) is 10.2. The van der Waals surface area contributed by atoms with Crippen molar-refractivity contribution in [2.75, 3.05) is 32.8 Å². The molecule has 2 aliphatic heterocycles. The van der Waals surface area contributed by atoms with Crippen LogP contribution < -0.4 is 5.32 Å². The van der Waals surface area contributed by atoms with E-state index in [0.717, 1.165) is 31.7 Å². The first-order valence-corrected chi connectivity index (χ1v) is 6.33. The monoisotopic (exact) mass is 247 g/mol. The maximum Gasteiger partial charge on any atom is 0.425 e. The Morgan fingerprint density at radius 1 is 1.17 bits per heavy atom. The Kier molecular flexibility index (Phi) is 3.17. The van der Waals surface area contributed by atoms with E-state index in [1.807, 2.05) is 30.3 Å². The molecule has 2 heterocycles. The molecule has 2 fully saturated rings. The highest BCUT2D eigenvalue weighted by atomic mass is 16.6. The van der Waals surface area contributed by atoms with Crippen molar-refractivity contribution >= 4 is 6.09 Å². The highest BCUT2D eigenvalue weighted by Crippen LogP contribution is 2.29. The third kappa shape index (κ3) is 2.07. The summed E-state index contributed by atoms with van der Waals surface area (Å²) in [7, 11) is 0. The lowest BCUT2D eigenvalue weighted by Crippen LogP contribution is -2.53. The van der Waals surface area contributed by atoms with E-state index in [4.69, 9.17) is 4.74 Å². The van der Waals surface area contributed by atoms with Crippen LogP contribution in [0.15, 0.2) is 30.3 Å². The average molecular weight is 247 g/mol. The average Bonchev–Trinajstić information content (AvgIpc) is 2.83. The molecule has 2 saturated heterocycles. The number of hydrogen-bond acceptors (Lipinski definition) is 4. The minimum absolute atomic E-state index is 0.0109. The summed E-state index contributed by atoms with van der Waals surface area (Å²) in [6.07, 6.45) is -0.231. The van der Waals surface area contributed by atoms with Gasteiger partial charge in [-0.25, -0.2) is 14.8 Å². The highest BCUT2D eigenvalue weighted by molar-refractivity contribution is 5.70. The van der Waals surface area contributed by atoms with E-state index < -0.39 is 0 Å². The molecule has 1 atom stereocenters. The summed E-state index contributed by atoms with van der Waals surface area (Å²) in [6.45, 7) is 3.94. The van der Waals surface area contributed by atoms with Crippen LogP contribution in [-0.4, -0.2) is 48.9 Å². The lowest BCUT2D eigenvalue weighted by atomic mass is 10.1. The molecule has 0 radical (unpaired) electrons. The number of hydrazine groups is 1. The van der Waals surface area contributed by atoms with Gasteiger partial charge in [0.1, 0.15) is 12.6 Å². The molecule has 1 amide bonds. The van der Waals surface area contributed by atoms with Crippen molar-refractivity contribution in [2.24, 2.45) is 0 Å². The summed E-state index contributed by atoms with van der Waals surface area (Å²) < 4.78 is 5.21. The molecule has 0 spiro atoms. The first-order valence-electron chi connectivity index (χ1n) is 6.33. The minimum atomic E-state index is -0.231. The summed E-state index contributed by atoms with van der Waals surface area (Å²) >= 11 is 0. The van der Waals surface area contributed by atoms with Crippen LogP contribution in [0.3, 0.4) is 0 Å². The number of ether oxygens (including phenoxy) is 1. The highest BCUT2D eigenvalue weighted by Gasteiger charge is 2.38. The quantitative estimate of drug-likeness (QED) is 0.847. The fourth-order valence-corrected chi connectivity index (χ4v) is 2.51. The lowest BCUT2D eigenvalue weighted by molar-refractivity contribution is -0.0115. The number of piperazine rings is 1. The van der Waals surface area contributed by atoms with Crippen molar-refractivity contribution in [1.29, 1.82) is 0 Å². The molecule has 2 aliphatic rings. The van der Waals surface area contributed by atoms with Crippen LogP contribution in [0.25, 0.3) is 0 Å². The number of nitrogens with zero attached hydrogens (tertiary/aromatic N) is 2. The molecular formula is C13H17N3O2. The van der Waals surface area contributed by atoms with Gasteiger partial charge in [0.15, 0.2) is 0 Å². The number of carbonyl (C=O) groups excluding carboxylic acids is 1. The summed E-state index contributed by atoms with van der Waals surface area (Å²) in [5.74, 6) is 0. The van der Waals surface area contributed by atoms with Crippen molar-refractivity contribution in [2.45, 2.75) is 6.04 Å². The molecule has 0 aliphatic carbocycles. The van der Waals surface area contributed by atoms with E-state index in [-0.39, 0.29) is 12.1 Å². The molecule has 1 aromatic carbocycles. The first-order chi connectivity index (χ1) is 8.86. The van der Waals surface area contributed by atoms with Gasteiger partial charge in [-0.1, -0.05) is 30.3 Å². The van der Waals surface area contributed by atoms with E-state index in [1.54, 1.807) is 5.01 Å². The zero-order valence-electron chi connectivity index (χ0n) is 10.2. The SMILES string of the molecule is O=C1OCC(c2ccccc2)N1N1CCNCC1. The van der Waals surface area contributed by atoms with Gasteiger partial charge in [0.2, 0.25) is 0 Å². The Morgan fingerprint density at radius 2 is 1.89 bits per heavy atom. The van der Waals surface area contributed by atoms with E-state index >= 15 is 0 Å². The molecular weight excluding hydrogens is 230 g/mol. The van der Waals surface area contributed by atoms with Gasteiger partial charge >= 0.3 is 6.09 Å². The third-order valence-corrected chi connectivity index (χ3v) is 3.43. The minimum Gasteiger partial charge on any atom is -0.446 e. The normalized spacial score (nSPS) is 25.2. The summed E-state index contributed by atoms with van der Waals surface area (Å²) in [5, 5.41) is 7.15. The van der Waals surface area contributed by atoms with Crippen LogP contribution in [-0.2, 0) is 4.74 Å². The molecule has 1 N–H and O–H groups in total. The van der Waals surface area contributed by atoms with Gasteiger partial charge in [-0.15, -0.1) is 0 Å². The summed E-state index contributed by atoms with van der Waals surface area (Å²) in [6, 6.07) is 10.1. The number of rotatable bonds is 2. The van der Waals surface area contributed by atoms with Crippen LogP contribution in [0.4, 0.5) is 4.79 Å². The van der Waals surface area contributed by atoms with Gasteiger partial charge < -0.3 is 10.1 Å². The molecule has 0 saturated carbocycles. The Balaban J connectivity index is 1.83. The summed E-state index contributed by atoms with van der Waals surface area (Å²) in [4.78, 5) is 11.9. The zero-order chi connectivity index (χ0) is 12.4. The third-order valence-electron chi connectivity index (χ3n) is 3.43. The lowest BCUT2D eigenvalue weighted by Gasteiger charge is -2.36. The van der Waals surface area contributed by atoms with Crippen LogP contribution in [0.5, 0.6) is 0 Å². The smallest absolute Gasteiger partial charge is 0.425 e. The molecule has 18 heavy (non-hydrogen) atoms. The second kappa shape index (κ2) is 4.96. The number of hydrogen-bond donors (Lipinski definition) is 1. The predicted molar refractivity (Wildman–Crippen MR) is 66.8 cm³/mol. The van der Waals surface area contributed by atoms with E-state index in [0.29, 0.717) is 6.61 Å². The molecule has 5 nitrogen and oxygen atoms in total. The fraction of sp³-hybridized carbons (Fsp3) is 0.462. The van der Waals surface area contributed by atoms with Crippen LogP contribution >= 0.6 is 0 Å². The molecule has 1 aromatic rings. The molecule has 5 heteroatoms. The molecule has 96 valence electrons. The number of amides is 1. The van der Waals surface area contributed by atoms with Crippen molar-refractivity contribution < 1.29 is 9.53 Å². The second-order valence-electron chi connectivity index (χ2n) is 4.55. The largest absolute Gasteiger partial charge is 0.446 e. The maximum atomic E-state index is 11.9. The van der Waals surface area contributed by atoms with Gasteiger partial charge in [0.05, 0.1) is 0 Å². The topological polar surface area (TPSA) is 44.8 Å². The Labute approximate surface area is 106 Å². The van der Waals surface area contributed by atoms with Crippen LogP contribution in [0.2, 0.25) is 0 Å². The Hall–Kier alpha value is -1.59. The maximum absolute atomic E-state index is 11.9. The van der Waals surface area contributed by atoms with E-state index in [2.05, 4.69) is 10.3 Å². The van der Waals surface area contributed by atoms with Crippen LogP contribution in [0.1, 0.15) is 11.6 Å². The fourth-order valence-electron chi connectivity index (χ4n) is 2.51. The number of nitrogens with one attached hydrogen (secondary N) is 1. The van der Waals surface area contributed by atoms with Gasteiger partial charge in [-0.2, -0.15) is 0 Å². The first kappa shape index (κ1) is 11.5. The number of cyclic esters (lactones) is 1. The molecule has 1 unspecified atom stereocenters.